The highest BCUT2D eigenvalue weighted by Crippen LogP contribution is 2.24. The van der Waals surface area contributed by atoms with Crippen molar-refractivity contribution in [2.75, 3.05) is 17.1 Å². The SMILES string of the molecule is CCC(C(=O)NC(C)C)N(Cc1ccccc1Cl)C(=O)CN(c1ccccc1C)S(C)(=O)=O. The van der Waals surface area contributed by atoms with Gasteiger partial charge in [-0.05, 0) is 50.5 Å². The maximum Gasteiger partial charge on any atom is 0.244 e. The van der Waals surface area contributed by atoms with E-state index in [-0.39, 0.29) is 18.5 Å². The molecule has 9 heteroatoms. The molecule has 0 saturated heterocycles. The Morgan fingerprint density at radius 3 is 2.21 bits per heavy atom. The summed E-state index contributed by atoms with van der Waals surface area (Å²) in [5, 5.41) is 3.32. The van der Waals surface area contributed by atoms with Gasteiger partial charge in [0.15, 0.2) is 0 Å². The van der Waals surface area contributed by atoms with Crippen LogP contribution in [-0.2, 0) is 26.2 Å². The summed E-state index contributed by atoms with van der Waals surface area (Å²) < 4.78 is 26.3. The van der Waals surface area contributed by atoms with Crippen molar-refractivity contribution in [3.63, 3.8) is 0 Å². The van der Waals surface area contributed by atoms with Crippen LogP contribution in [0.25, 0.3) is 0 Å². The van der Waals surface area contributed by atoms with E-state index < -0.39 is 28.5 Å². The zero-order chi connectivity index (χ0) is 24.8. The molecule has 0 spiro atoms. The lowest BCUT2D eigenvalue weighted by Crippen LogP contribution is -2.53. The molecule has 33 heavy (non-hydrogen) atoms. The fourth-order valence-corrected chi connectivity index (χ4v) is 4.65. The second kappa shape index (κ2) is 11.5. The molecule has 0 bridgehead atoms. The lowest BCUT2D eigenvalue weighted by atomic mass is 10.1. The molecule has 180 valence electrons. The van der Waals surface area contributed by atoms with Crippen molar-refractivity contribution in [2.45, 2.75) is 52.7 Å². The van der Waals surface area contributed by atoms with E-state index in [0.717, 1.165) is 16.1 Å². The van der Waals surface area contributed by atoms with Crippen LogP contribution in [0.1, 0.15) is 38.3 Å². The molecule has 1 unspecified atom stereocenters. The van der Waals surface area contributed by atoms with Crippen molar-refractivity contribution in [3.05, 3.63) is 64.7 Å². The number of benzene rings is 2. The number of halogens is 1. The summed E-state index contributed by atoms with van der Waals surface area (Å²) in [4.78, 5) is 27.9. The average molecular weight is 494 g/mol. The van der Waals surface area contributed by atoms with Crippen LogP contribution in [0.15, 0.2) is 48.5 Å². The van der Waals surface area contributed by atoms with Crippen LogP contribution in [0.4, 0.5) is 5.69 Å². The number of carbonyl (C=O) groups is 2. The minimum atomic E-state index is -3.76. The highest BCUT2D eigenvalue weighted by molar-refractivity contribution is 7.92. The number of sulfonamides is 1. The number of nitrogens with one attached hydrogen (secondary N) is 1. The van der Waals surface area contributed by atoms with Crippen LogP contribution in [0.3, 0.4) is 0 Å². The maximum absolute atomic E-state index is 13.6. The predicted molar refractivity (Wildman–Crippen MR) is 133 cm³/mol. The average Bonchev–Trinajstić information content (AvgIpc) is 2.72. The number of amides is 2. The minimum Gasteiger partial charge on any atom is -0.352 e. The second-order valence-corrected chi connectivity index (χ2v) is 10.6. The van der Waals surface area contributed by atoms with E-state index in [1.807, 2.05) is 20.8 Å². The van der Waals surface area contributed by atoms with Crippen molar-refractivity contribution in [1.82, 2.24) is 10.2 Å². The van der Waals surface area contributed by atoms with E-state index in [2.05, 4.69) is 5.32 Å². The summed E-state index contributed by atoms with van der Waals surface area (Å²) >= 11 is 6.33. The van der Waals surface area contributed by atoms with Gasteiger partial charge in [-0.25, -0.2) is 8.42 Å². The molecule has 7 nitrogen and oxygen atoms in total. The monoisotopic (exact) mass is 493 g/mol. The van der Waals surface area contributed by atoms with Gasteiger partial charge < -0.3 is 10.2 Å². The fraction of sp³-hybridized carbons (Fsp3) is 0.417. The Morgan fingerprint density at radius 1 is 1.06 bits per heavy atom. The normalized spacial score (nSPS) is 12.3. The summed E-state index contributed by atoms with van der Waals surface area (Å²) in [5.74, 6) is -0.788. The Hall–Kier alpha value is -2.58. The number of para-hydroxylation sites is 1. The minimum absolute atomic E-state index is 0.0773. The Labute approximate surface area is 201 Å². The van der Waals surface area contributed by atoms with Crippen molar-refractivity contribution in [3.8, 4) is 0 Å². The number of hydrogen-bond acceptors (Lipinski definition) is 4. The molecule has 0 aliphatic heterocycles. The molecule has 0 saturated carbocycles. The lowest BCUT2D eigenvalue weighted by molar-refractivity contribution is -0.140. The Morgan fingerprint density at radius 2 is 1.67 bits per heavy atom. The van der Waals surface area contributed by atoms with Gasteiger partial charge in [0.25, 0.3) is 0 Å². The van der Waals surface area contributed by atoms with Gasteiger partial charge in [0, 0.05) is 17.6 Å². The third-order valence-corrected chi connectivity index (χ3v) is 6.67. The van der Waals surface area contributed by atoms with Crippen LogP contribution < -0.4 is 9.62 Å². The van der Waals surface area contributed by atoms with Crippen LogP contribution in [-0.4, -0.2) is 50.0 Å². The first kappa shape index (κ1) is 26.7. The van der Waals surface area contributed by atoms with Gasteiger partial charge >= 0.3 is 0 Å². The number of nitrogens with zero attached hydrogens (tertiary/aromatic N) is 2. The molecule has 0 heterocycles. The molecule has 2 amide bonds. The van der Waals surface area contributed by atoms with Gasteiger partial charge in [0.05, 0.1) is 11.9 Å². The number of hydrogen-bond donors (Lipinski definition) is 1. The number of rotatable bonds is 10. The van der Waals surface area contributed by atoms with Crippen LogP contribution in [0, 0.1) is 6.92 Å². The van der Waals surface area contributed by atoms with Crippen LogP contribution >= 0.6 is 11.6 Å². The van der Waals surface area contributed by atoms with E-state index in [4.69, 9.17) is 11.6 Å². The predicted octanol–water partition coefficient (Wildman–Crippen LogP) is 3.75. The van der Waals surface area contributed by atoms with Gasteiger partial charge in [0.1, 0.15) is 12.6 Å². The van der Waals surface area contributed by atoms with Crippen LogP contribution in [0.2, 0.25) is 5.02 Å². The van der Waals surface area contributed by atoms with E-state index in [9.17, 15) is 18.0 Å². The molecular weight excluding hydrogens is 462 g/mol. The summed E-state index contributed by atoms with van der Waals surface area (Å²) in [7, 11) is -3.76. The molecule has 2 rings (SSSR count). The molecule has 2 aromatic rings. The van der Waals surface area contributed by atoms with E-state index >= 15 is 0 Å². The molecule has 0 aliphatic carbocycles. The molecule has 1 N–H and O–H groups in total. The molecule has 0 fully saturated rings. The first-order chi connectivity index (χ1) is 15.5. The topological polar surface area (TPSA) is 86.8 Å². The summed E-state index contributed by atoms with van der Waals surface area (Å²) in [6.45, 7) is 6.92. The first-order valence-corrected chi connectivity index (χ1v) is 13.0. The maximum atomic E-state index is 13.6. The van der Waals surface area contributed by atoms with E-state index in [0.29, 0.717) is 22.7 Å². The standard InChI is InChI=1S/C24H32ClN3O4S/c1-6-21(24(30)26-17(2)3)27(15-19-12-8-9-13-20(19)25)23(29)16-28(33(5,31)32)22-14-10-7-11-18(22)4/h7-14,17,21H,6,15-16H2,1-5H3,(H,26,30). The van der Waals surface area contributed by atoms with Crippen molar-refractivity contribution >= 4 is 39.1 Å². The van der Waals surface area contributed by atoms with Gasteiger partial charge in [-0.2, -0.15) is 0 Å². The molecule has 0 aromatic heterocycles. The quantitative estimate of drug-likeness (QED) is 0.546. The Bertz CT molecular complexity index is 1090. The molecular formula is C24H32ClN3O4S. The van der Waals surface area contributed by atoms with E-state index in [1.165, 1.54) is 4.90 Å². The molecule has 0 aliphatic rings. The zero-order valence-corrected chi connectivity index (χ0v) is 21.3. The van der Waals surface area contributed by atoms with E-state index in [1.54, 1.807) is 55.5 Å². The van der Waals surface area contributed by atoms with Crippen molar-refractivity contribution in [2.24, 2.45) is 0 Å². The van der Waals surface area contributed by atoms with Gasteiger partial charge in [-0.1, -0.05) is 54.9 Å². The second-order valence-electron chi connectivity index (χ2n) is 8.26. The van der Waals surface area contributed by atoms with Gasteiger partial charge in [0.2, 0.25) is 21.8 Å². The Kier molecular flexibility index (Phi) is 9.31. The van der Waals surface area contributed by atoms with Gasteiger partial charge in [-0.15, -0.1) is 0 Å². The fourth-order valence-electron chi connectivity index (χ4n) is 3.55. The third kappa shape index (κ3) is 7.20. The number of carbonyl (C=O) groups excluding carboxylic acids is 2. The summed E-state index contributed by atoms with van der Waals surface area (Å²) in [5.41, 5.74) is 1.81. The van der Waals surface area contributed by atoms with Gasteiger partial charge in [-0.3, -0.25) is 13.9 Å². The largest absolute Gasteiger partial charge is 0.352 e. The molecule has 0 radical (unpaired) electrons. The van der Waals surface area contributed by atoms with Crippen LogP contribution in [0.5, 0.6) is 0 Å². The highest BCUT2D eigenvalue weighted by atomic mass is 35.5. The van der Waals surface area contributed by atoms with Crippen molar-refractivity contribution in [1.29, 1.82) is 0 Å². The zero-order valence-electron chi connectivity index (χ0n) is 19.7. The lowest BCUT2D eigenvalue weighted by Gasteiger charge is -2.33. The third-order valence-electron chi connectivity index (χ3n) is 5.18. The molecule has 1 atom stereocenters. The first-order valence-electron chi connectivity index (χ1n) is 10.8. The molecule has 2 aromatic carbocycles. The Balaban J connectivity index is 2.47. The number of aryl methyl sites for hydroxylation is 1. The van der Waals surface area contributed by atoms with Crippen molar-refractivity contribution < 1.29 is 18.0 Å². The smallest absolute Gasteiger partial charge is 0.244 e. The highest BCUT2D eigenvalue weighted by Gasteiger charge is 2.32. The summed E-state index contributed by atoms with van der Waals surface area (Å²) in [6.07, 6.45) is 1.42. The number of anilines is 1. The summed E-state index contributed by atoms with van der Waals surface area (Å²) in [6, 6.07) is 13.1.